The van der Waals surface area contributed by atoms with Crippen LogP contribution in [0.4, 0.5) is 0 Å². The molecule has 0 atom stereocenters. The van der Waals surface area contributed by atoms with E-state index in [9.17, 15) is 4.79 Å². The van der Waals surface area contributed by atoms with Gasteiger partial charge in [-0.25, -0.2) is 4.79 Å². The summed E-state index contributed by atoms with van der Waals surface area (Å²) in [5.41, 5.74) is 1.24. The molecule has 16 heavy (non-hydrogen) atoms. The Kier molecular flexibility index (Phi) is 3.58. The average Bonchev–Trinajstić information content (AvgIpc) is 2.14. The zero-order valence-corrected chi connectivity index (χ0v) is 10.2. The highest BCUT2D eigenvalue weighted by Crippen LogP contribution is 2.22. The van der Waals surface area contributed by atoms with Crippen LogP contribution in [0.1, 0.15) is 36.7 Å². The van der Waals surface area contributed by atoms with Gasteiger partial charge in [-0.15, -0.1) is 0 Å². The van der Waals surface area contributed by atoms with Crippen LogP contribution in [0.15, 0.2) is 18.2 Å². The molecule has 1 aromatic carbocycles. The number of carboxylic acids is 1. The van der Waals surface area contributed by atoms with Crippen LogP contribution in [0.2, 0.25) is 0 Å². The highest BCUT2D eigenvalue weighted by Gasteiger charge is 2.12. The summed E-state index contributed by atoms with van der Waals surface area (Å²) >= 11 is 0. The van der Waals surface area contributed by atoms with E-state index >= 15 is 0 Å². The number of carboxylic acid groups (broad SMARTS) is 1. The molecule has 1 aromatic rings. The fraction of sp³-hybridized carbons (Fsp3) is 0.462. The summed E-state index contributed by atoms with van der Waals surface area (Å²) in [4.78, 5) is 10.7. The van der Waals surface area contributed by atoms with Crippen molar-refractivity contribution >= 4 is 5.97 Å². The van der Waals surface area contributed by atoms with Gasteiger partial charge in [-0.3, -0.25) is 0 Å². The third-order valence-corrected chi connectivity index (χ3v) is 2.08. The Balaban J connectivity index is 2.80. The second kappa shape index (κ2) is 4.56. The van der Waals surface area contributed by atoms with Crippen molar-refractivity contribution < 1.29 is 14.6 Å². The SMILES string of the molecule is Cc1cc(C(=O)O)ccc1OCC(C)(C)C. The van der Waals surface area contributed by atoms with Crippen molar-refractivity contribution in [2.45, 2.75) is 27.7 Å². The fourth-order valence-corrected chi connectivity index (χ4v) is 1.24. The maximum Gasteiger partial charge on any atom is 0.335 e. The normalized spacial score (nSPS) is 11.2. The maximum atomic E-state index is 10.7. The van der Waals surface area contributed by atoms with Crippen molar-refractivity contribution in [3.05, 3.63) is 29.3 Å². The summed E-state index contributed by atoms with van der Waals surface area (Å²) in [6.07, 6.45) is 0. The molecule has 0 radical (unpaired) electrons. The van der Waals surface area contributed by atoms with E-state index in [4.69, 9.17) is 9.84 Å². The van der Waals surface area contributed by atoms with Crippen molar-refractivity contribution in [1.82, 2.24) is 0 Å². The first-order valence-corrected chi connectivity index (χ1v) is 5.26. The van der Waals surface area contributed by atoms with E-state index in [0.717, 1.165) is 11.3 Å². The van der Waals surface area contributed by atoms with Crippen LogP contribution in [0.3, 0.4) is 0 Å². The molecule has 3 heteroatoms. The molecule has 1 N–H and O–H groups in total. The lowest BCUT2D eigenvalue weighted by molar-refractivity contribution is 0.0696. The molecule has 1 rings (SSSR count). The lowest BCUT2D eigenvalue weighted by Gasteiger charge is -2.19. The zero-order chi connectivity index (χ0) is 12.3. The number of rotatable bonds is 3. The standard InChI is InChI=1S/C13H18O3/c1-9-7-10(12(14)15)5-6-11(9)16-8-13(2,3)4/h5-7H,8H2,1-4H3,(H,14,15). The Hall–Kier alpha value is -1.51. The molecule has 0 saturated carbocycles. The van der Waals surface area contributed by atoms with Crippen molar-refractivity contribution in [2.24, 2.45) is 5.41 Å². The van der Waals surface area contributed by atoms with Gasteiger partial charge in [0.25, 0.3) is 0 Å². The van der Waals surface area contributed by atoms with Crippen LogP contribution in [-0.4, -0.2) is 17.7 Å². The quantitative estimate of drug-likeness (QED) is 0.854. The van der Waals surface area contributed by atoms with E-state index in [2.05, 4.69) is 20.8 Å². The third-order valence-electron chi connectivity index (χ3n) is 2.08. The Labute approximate surface area is 96.1 Å². The van der Waals surface area contributed by atoms with E-state index in [1.807, 2.05) is 6.92 Å². The molecule has 0 bridgehead atoms. The van der Waals surface area contributed by atoms with Gasteiger partial charge in [0.2, 0.25) is 0 Å². The van der Waals surface area contributed by atoms with E-state index in [1.54, 1.807) is 18.2 Å². The first kappa shape index (κ1) is 12.6. The van der Waals surface area contributed by atoms with E-state index < -0.39 is 5.97 Å². The highest BCUT2D eigenvalue weighted by molar-refractivity contribution is 5.88. The molecule has 0 heterocycles. The minimum Gasteiger partial charge on any atom is -0.493 e. The number of benzene rings is 1. The van der Waals surface area contributed by atoms with E-state index in [1.165, 1.54) is 0 Å². The van der Waals surface area contributed by atoms with Gasteiger partial charge in [0.1, 0.15) is 5.75 Å². The third kappa shape index (κ3) is 3.57. The van der Waals surface area contributed by atoms with Gasteiger partial charge in [0.05, 0.1) is 12.2 Å². The van der Waals surface area contributed by atoms with Crippen LogP contribution in [0.5, 0.6) is 5.75 Å². The average molecular weight is 222 g/mol. The minimum absolute atomic E-state index is 0.0951. The molecular formula is C13H18O3. The van der Waals surface area contributed by atoms with Gasteiger partial charge < -0.3 is 9.84 Å². The number of ether oxygens (including phenoxy) is 1. The first-order valence-electron chi connectivity index (χ1n) is 5.26. The largest absolute Gasteiger partial charge is 0.493 e. The molecule has 0 aliphatic rings. The predicted molar refractivity (Wildman–Crippen MR) is 63.1 cm³/mol. The zero-order valence-electron chi connectivity index (χ0n) is 10.2. The topological polar surface area (TPSA) is 46.5 Å². The summed E-state index contributed by atoms with van der Waals surface area (Å²) in [5, 5.41) is 8.82. The summed E-state index contributed by atoms with van der Waals surface area (Å²) in [6, 6.07) is 4.90. The van der Waals surface area contributed by atoms with Gasteiger partial charge >= 0.3 is 5.97 Å². The number of aryl methyl sites for hydroxylation is 1. The summed E-state index contributed by atoms with van der Waals surface area (Å²) in [5.74, 6) is -0.162. The Morgan fingerprint density at radius 1 is 1.38 bits per heavy atom. The molecule has 0 aromatic heterocycles. The molecule has 0 aliphatic carbocycles. The Morgan fingerprint density at radius 2 is 2.00 bits per heavy atom. The van der Waals surface area contributed by atoms with Crippen LogP contribution in [0.25, 0.3) is 0 Å². The molecule has 0 aliphatic heterocycles. The molecule has 0 saturated heterocycles. The lowest BCUT2D eigenvalue weighted by Crippen LogP contribution is -2.17. The van der Waals surface area contributed by atoms with Crippen molar-refractivity contribution in [1.29, 1.82) is 0 Å². The molecule has 0 amide bonds. The predicted octanol–water partition coefficient (Wildman–Crippen LogP) is 3.12. The van der Waals surface area contributed by atoms with E-state index in [0.29, 0.717) is 12.2 Å². The summed E-state index contributed by atoms with van der Waals surface area (Å²) < 4.78 is 5.64. The molecule has 88 valence electrons. The van der Waals surface area contributed by atoms with Gasteiger partial charge in [0, 0.05) is 0 Å². The van der Waals surface area contributed by atoms with Gasteiger partial charge in [-0.05, 0) is 36.1 Å². The Bertz CT molecular complexity index is 389. The Morgan fingerprint density at radius 3 is 2.44 bits per heavy atom. The highest BCUT2D eigenvalue weighted by atomic mass is 16.5. The monoisotopic (exact) mass is 222 g/mol. The summed E-state index contributed by atoms with van der Waals surface area (Å²) in [6.45, 7) is 8.74. The number of hydrogen-bond donors (Lipinski definition) is 1. The van der Waals surface area contributed by atoms with Crippen molar-refractivity contribution in [3.8, 4) is 5.75 Å². The van der Waals surface area contributed by atoms with Crippen LogP contribution in [0, 0.1) is 12.3 Å². The van der Waals surface area contributed by atoms with Gasteiger partial charge in [-0.2, -0.15) is 0 Å². The smallest absolute Gasteiger partial charge is 0.335 e. The van der Waals surface area contributed by atoms with E-state index in [-0.39, 0.29) is 5.41 Å². The molecule has 0 spiro atoms. The molecule has 0 fully saturated rings. The number of carbonyl (C=O) groups is 1. The maximum absolute atomic E-state index is 10.7. The fourth-order valence-electron chi connectivity index (χ4n) is 1.24. The van der Waals surface area contributed by atoms with Crippen molar-refractivity contribution in [2.75, 3.05) is 6.61 Å². The second-order valence-corrected chi connectivity index (χ2v) is 5.13. The molecule has 0 unspecified atom stereocenters. The number of aromatic carboxylic acids is 1. The summed E-state index contributed by atoms with van der Waals surface area (Å²) in [7, 11) is 0. The van der Waals surface area contributed by atoms with Crippen LogP contribution >= 0.6 is 0 Å². The minimum atomic E-state index is -0.912. The van der Waals surface area contributed by atoms with Crippen LogP contribution < -0.4 is 4.74 Å². The molecular weight excluding hydrogens is 204 g/mol. The lowest BCUT2D eigenvalue weighted by atomic mass is 9.98. The first-order chi connectivity index (χ1) is 7.29. The molecule has 3 nitrogen and oxygen atoms in total. The van der Waals surface area contributed by atoms with Gasteiger partial charge in [0.15, 0.2) is 0 Å². The number of hydrogen-bond acceptors (Lipinski definition) is 2. The van der Waals surface area contributed by atoms with Crippen molar-refractivity contribution in [3.63, 3.8) is 0 Å². The van der Waals surface area contributed by atoms with Gasteiger partial charge in [-0.1, -0.05) is 20.8 Å². The van der Waals surface area contributed by atoms with Crippen LogP contribution in [-0.2, 0) is 0 Å². The second-order valence-electron chi connectivity index (χ2n) is 5.13.